The molecule has 0 amide bonds. The van der Waals surface area contributed by atoms with Gasteiger partial charge in [0.15, 0.2) is 0 Å². The fraction of sp³-hybridized carbons (Fsp3) is 0.636. The van der Waals surface area contributed by atoms with Crippen LogP contribution in [-0.4, -0.2) is 24.4 Å². The number of nitrogens with one attached hydrogen (secondary N) is 1. The van der Waals surface area contributed by atoms with Crippen LogP contribution in [0.25, 0.3) is 0 Å². The van der Waals surface area contributed by atoms with Crippen molar-refractivity contribution >= 4 is 0 Å². The van der Waals surface area contributed by atoms with Crippen LogP contribution in [0, 0.1) is 0 Å². The molecule has 1 heterocycles. The van der Waals surface area contributed by atoms with Gasteiger partial charge in [0.2, 0.25) is 0 Å². The Labute approximate surface area is 90.2 Å². The summed E-state index contributed by atoms with van der Waals surface area (Å²) < 4.78 is 10.4. The first-order valence-electron chi connectivity index (χ1n) is 5.00. The molecule has 2 N–H and O–H groups in total. The number of furan rings is 1. The number of rotatable bonds is 6. The third kappa shape index (κ3) is 4.03. The minimum Gasteiger partial charge on any atom is -0.462 e. The highest BCUT2D eigenvalue weighted by atomic mass is 16.5. The average molecular weight is 213 g/mol. The standard InChI is InChI=1S/C11H19NO3/c1-11(2,8-13)12-6-9-4-5-10(15-9)7-14-3/h4-5,12-13H,6-8H2,1-3H3. The predicted molar refractivity (Wildman–Crippen MR) is 57.4 cm³/mol. The van der Waals surface area contributed by atoms with Gasteiger partial charge in [0, 0.05) is 12.6 Å². The molecular formula is C11H19NO3. The van der Waals surface area contributed by atoms with Gasteiger partial charge in [-0.15, -0.1) is 0 Å². The van der Waals surface area contributed by atoms with Crippen LogP contribution >= 0.6 is 0 Å². The fourth-order valence-electron chi connectivity index (χ4n) is 1.12. The first kappa shape index (κ1) is 12.2. The average Bonchev–Trinajstić information content (AvgIpc) is 2.64. The zero-order chi connectivity index (χ0) is 11.3. The minimum atomic E-state index is -0.284. The lowest BCUT2D eigenvalue weighted by Gasteiger charge is -2.22. The molecule has 4 nitrogen and oxygen atoms in total. The van der Waals surface area contributed by atoms with Crippen LogP contribution in [0.3, 0.4) is 0 Å². The topological polar surface area (TPSA) is 54.6 Å². The fourth-order valence-corrected chi connectivity index (χ4v) is 1.12. The highest BCUT2D eigenvalue weighted by Gasteiger charge is 2.15. The molecule has 0 aromatic carbocycles. The van der Waals surface area contributed by atoms with Crippen molar-refractivity contribution in [1.29, 1.82) is 0 Å². The number of aliphatic hydroxyl groups excluding tert-OH is 1. The molecule has 0 aliphatic carbocycles. The molecule has 0 saturated carbocycles. The molecule has 86 valence electrons. The molecule has 1 rings (SSSR count). The van der Waals surface area contributed by atoms with E-state index >= 15 is 0 Å². The normalized spacial score (nSPS) is 12.0. The van der Waals surface area contributed by atoms with Crippen molar-refractivity contribution in [2.45, 2.75) is 32.5 Å². The summed E-state index contributed by atoms with van der Waals surface area (Å²) in [5, 5.41) is 12.2. The number of hydrogen-bond acceptors (Lipinski definition) is 4. The summed E-state index contributed by atoms with van der Waals surface area (Å²) in [6.45, 7) is 5.07. The van der Waals surface area contributed by atoms with Crippen LogP contribution in [0.2, 0.25) is 0 Å². The van der Waals surface area contributed by atoms with E-state index in [9.17, 15) is 0 Å². The predicted octanol–water partition coefficient (Wildman–Crippen LogP) is 1.29. The van der Waals surface area contributed by atoms with Crippen molar-refractivity contribution < 1.29 is 14.3 Å². The second-order valence-electron chi connectivity index (χ2n) is 4.20. The molecule has 0 atom stereocenters. The van der Waals surface area contributed by atoms with Crippen LogP contribution in [0.5, 0.6) is 0 Å². The van der Waals surface area contributed by atoms with Crippen molar-refractivity contribution in [1.82, 2.24) is 5.32 Å². The van der Waals surface area contributed by atoms with E-state index in [2.05, 4.69) is 5.32 Å². The molecule has 15 heavy (non-hydrogen) atoms. The van der Waals surface area contributed by atoms with E-state index in [1.807, 2.05) is 26.0 Å². The van der Waals surface area contributed by atoms with Crippen molar-refractivity contribution in [3.63, 3.8) is 0 Å². The van der Waals surface area contributed by atoms with Gasteiger partial charge in [-0.3, -0.25) is 0 Å². The lowest BCUT2D eigenvalue weighted by atomic mass is 10.1. The van der Waals surface area contributed by atoms with Crippen LogP contribution in [0.4, 0.5) is 0 Å². The molecule has 0 bridgehead atoms. The maximum Gasteiger partial charge on any atom is 0.129 e. The molecule has 0 fully saturated rings. The Kier molecular flexibility index (Phi) is 4.32. The smallest absolute Gasteiger partial charge is 0.129 e. The Morgan fingerprint density at radius 3 is 2.67 bits per heavy atom. The van der Waals surface area contributed by atoms with Gasteiger partial charge >= 0.3 is 0 Å². The van der Waals surface area contributed by atoms with E-state index in [1.54, 1.807) is 7.11 Å². The Bertz CT molecular complexity index is 294. The van der Waals surface area contributed by atoms with E-state index in [0.717, 1.165) is 11.5 Å². The Morgan fingerprint density at radius 1 is 1.40 bits per heavy atom. The third-order valence-corrected chi connectivity index (χ3v) is 2.14. The molecule has 0 unspecified atom stereocenters. The summed E-state index contributed by atoms with van der Waals surface area (Å²) in [4.78, 5) is 0. The molecule has 0 spiro atoms. The molecule has 0 saturated heterocycles. The number of hydrogen-bond donors (Lipinski definition) is 2. The summed E-state index contributed by atoms with van der Waals surface area (Å²) in [5.74, 6) is 1.67. The van der Waals surface area contributed by atoms with E-state index in [4.69, 9.17) is 14.3 Å². The Morgan fingerprint density at radius 2 is 2.07 bits per heavy atom. The van der Waals surface area contributed by atoms with Crippen LogP contribution in [-0.2, 0) is 17.9 Å². The molecule has 1 aromatic heterocycles. The maximum atomic E-state index is 9.05. The zero-order valence-electron chi connectivity index (χ0n) is 9.54. The van der Waals surface area contributed by atoms with E-state index in [1.165, 1.54) is 0 Å². The van der Waals surface area contributed by atoms with Gasteiger partial charge in [0.25, 0.3) is 0 Å². The SMILES string of the molecule is COCc1ccc(CNC(C)(C)CO)o1. The number of ether oxygens (including phenoxy) is 1. The molecule has 0 aliphatic heterocycles. The largest absolute Gasteiger partial charge is 0.462 e. The first-order chi connectivity index (χ1) is 7.07. The molecule has 4 heteroatoms. The quantitative estimate of drug-likeness (QED) is 0.747. The van der Waals surface area contributed by atoms with Gasteiger partial charge < -0.3 is 19.6 Å². The van der Waals surface area contributed by atoms with Crippen molar-refractivity contribution in [2.24, 2.45) is 0 Å². The van der Waals surface area contributed by atoms with Gasteiger partial charge in [0.1, 0.15) is 18.1 Å². The van der Waals surface area contributed by atoms with Crippen molar-refractivity contribution in [3.05, 3.63) is 23.7 Å². The number of methoxy groups -OCH3 is 1. The van der Waals surface area contributed by atoms with E-state index < -0.39 is 0 Å². The van der Waals surface area contributed by atoms with Gasteiger partial charge in [-0.25, -0.2) is 0 Å². The zero-order valence-corrected chi connectivity index (χ0v) is 9.54. The highest BCUT2D eigenvalue weighted by Crippen LogP contribution is 2.10. The second-order valence-corrected chi connectivity index (χ2v) is 4.20. The van der Waals surface area contributed by atoms with Gasteiger partial charge in [-0.2, -0.15) is 0 Å². The third-order valence-electron chi connectivity index (χ3n) is 2.14. The van der Waals surface area contributed by atoms with Crippen LogP contribution in [0.15, 0.2) is 16.5 Å². The van der Waals surface area contributed by atoms with Gasteiger partial charge in [0.05, 0.1) is 13.2 Å². The number of aliphatic hydroxyl groups is 1. The van der Waals surface area contributed by atoms with E-state index in [-0.39, 0.29) is 12.1 Å². The molecule has 0 radical (unpaired) electrons. The van der Waals surface area contributed by atoms with E-state index in [0.29, 0.717) is 13.2 Å². The highest BCUT2D eigenvalue weighted by molar-refractivity contribution is 5.06. The summed E-state index contributed by atoms with van der Waals surface area (Å²) in [7, 11) is 1.63. The minimum absolute atomic E-state index is 0.0959. The summed E-state index contributed by atoms with van der Waals surface area (Å²) in [6.07, 6.45) is 0. The Balaban J connectivity index is 2.44. The summed E-state index contributed by atoms with van der Waals surface area (Å²) >= 11 is 0. The Hall–Kier alpha value is -0.840. The first-order valence-corrected chi connectivity index (χ1v) is 5.00. The molecule has 0 aliphatic rings. The van der Waals surface area contributed by atoms with Crippen LogP contribution in [0.1, 0.15) is 25.4 Å². The lowest BCUT2D eigenvalue weighted by Crippen LogP contribution is -2.41. The summed E-state index contributed by atoms with van der Waals surface area (Å²) in [6, 6.07) is 3.81. The summed E-state index contributed by atoms with van der Waals surface area (Å²) in [5.41, 5.74) is -0.284. The van der Waals surface area contributed by atoms with Crippen molar-refractivity contribution in [2.75, 3.05) is 13.7 Å². The molecular weight excluding hydrogens is 194 g/mol. The van der Waals surface area contributed by atoms with Gasteiger partial charge in [-0.05, 0) is 26.0 Å². The van der Waals surface area contributed by atoms with Gasteiger partial charge in [-0.1, -0.05) is 0 Å². The van der Waals surface area contributed by atoms with Crippen molar-refractivity contribution in [3.8, 4) is 0 Å². The lowest BCUT2D eigenvalue weighted by molar-refractivity contribution is 0.160. The maximum absolute atomic E-state index is 9.05. The monoisotopic (exact) mass is 213 g/mol. The molecule has 1 aromatic rings. The second kappa shape index (κ2) is 5.30. The van der Waals surface area contributed by atoms with Crippen LogP contribution < -0.4 is 5.32 Å².